The molecule has 0 saturated heterocycles. The number of nitrogens with zero attached hydrogens (tertiary/aromatic N) is 1. The van der Waals surface area contributed by atoms with Gasteiger partial charge in [-0.3, -0.25) is 4.79 Å². The molecular formula is C13H16N2O3. The van der Waals surface area contributed by atoms with Crippen LogP contribution in [0.15, 0.2) is 24.3 Å². The molecule has 0 fully saturated rings. The van der Waals surface area contributed by atoms with Gasteiger partial charge >= 0.3 is 0 Å². The van der Waals surface area contributed by atoms with E-state index in [9.17, 15) is 4.79 Å². The Morgan fingerprint density at radius 1 is 1.44 bits per heavy atom. The first kappa shape index (κ1) is 14.0. The number of ether oxygens (including phenoxy) is 1. The third-order valence-corrected chi connectivity index (χ3v) is 2.23. The van der Waals surface area contributed by atoms with E-state index in [1.807, 2.05) is 6.07 Å². The Bertz CT molecular complexity index is 426. The van der Waals surface area contributed by atoms with Gasteiger partial charge in [-0.1, -0.05) is 6.07 Å². The van der Waals surface area contributed by atoms with Crippen LogP contribution >= 0.6 is 0 Å². The maximum Gasteiger partial charge on any atom is 0.224 e. The number of hydrogen-bond acceptors (Lipinski definition) is 4. The molecule has 1 amide bonds. The van der Waals surface area contributed by atoms with Crippen LogP contribution in [-0.2, 0) is 4.79 Å². The van der Waals surface area contributed by atoms with E-state index in [4.69, 9.17) is 15.1 Å². The monoisotopic (exact) mass is 248 g/mol. The molecule has 0 spiro atoms. The van der Waals surface area contributed by atoms with Crippen molar-refractivity contribution in [3.05, 3.63) is 24.3 Å². The first-order chi connectivity index (χ1) is 8.76. The second-order valence-electron chi connectivity index (χ2n) is 3.70. The molecular weight excluding hydrogens is 232 g/mol. The summed E-state index contributed by atoms with van der Waals surface area (Å²) in [6, 6.07) is 8.77. The van der Waals surface area contributed by atoms with Crippen LogP contribution in [0, 0.1) is 11.3 Å². The minimum Gasteiger partial charge on any atom is -0.479 e. The van der Waals surface area contributed by atoms with Crippen molar-refractivity contribution in [1.29, 1.82) is 5.26 Å². The van der Waals surface area contributed by atoms with Gasteiger partial charge in [-0.15, -0.1) is 0 Å². The summed E-state index contributed by atoms with van der Waals surface area (Å²) < 4.78 is 5.13. The summed E-state index contributed by atoms with van der Waals surface area (Å²) in [5.41, 5.74) is 0.638. The fourth-order valence-electron chi connectivity index (χ4n) is 1.40. The van der Waals surface area contributed by atoms with Crippen LogP contribution in [0.2, 0.25) is 0 Å². The molecule has 1 aromatic carbocycles. The number of nitrogens with one attached hydrogen (secondary N) is 1. The number of benzene rings is 1. The Kier molecular flexibility index (Phi) is 6.30. The van der Waals surface area contributed by atoms with Crippen molar-refractivity contribution < 1.29 is 14.6 Å². The van der Waals surface area contributed by atoms with E-state index in [2.05, 4.69) is 5.32 Å². The summed E-state index contributed by atoms with van der Waals surface area (Å²) in [4.78, 5) is 11.5. The third kappa shape index (κ3) is 5.32. The summed E-state index contributed by atoms with van der Waals surface area (Å²) >= 11 is 0. The van der Waals surface area contributed by atoms with Crippen LogP contribution in [0.4, 0.5) is 5.69 Å². The van der Waals surface area contributed by atoms with Gasteiger partial charge in [-0.05, 0) is 25.0 Å². The van der Waals surface area contributed by atoms with Gasteiger partial charge in [0.05, 0.1) is 0 Å². The van der Waals surface area contributed by atoms with Gasteiger partial charge < -0.3 is 15.2 Å². The smallest absolute Gasteiger partial charge is 0.224 e. The van der Waals surface area contributed by atoms with Crippen LogP contribution in [0.3, 0.4) is 0 Å². The average Bonchev–Trinajstić information content (AvgIpc) is 2.37. The average molecular weight is 248 g/mol. The fourth-order valence-corrected chi connectivity index (χ4v) is 1.40. The van der Waals surface area contributed by atoms with E-state index in [0.29, 0.717) is 30.7 Å². The molecule has 0 saturated carbocycles. The number of unbranched alkanes of at least 4 members (excludes halogenated alkanes) is 1. The summed E-state index contributed by atoms with van der Waals surface area (Å²) in [6.07, 6.45) is 1.66. The molecule has 1 rings (SSSR count). The Labute approximate surface area is 106 Å². The van der Waals surface area contributed by atoms with Crippen molar-refractivity contribution in [2.24, 2.45) is 0 Å². The van der Waals surface area contributed by atoms with E-state index in [-0.39, 0.29) is 19.1 Å². The maximum atomic E-state index is 11.5. The molecule has 0 heterocycles. The molecule has 5 nitrogen and oxygen atoms in total. The van der Waals surface area contributed by atoms with Gasteiger partial charge in [0, 0.05) is 24.8 Å². The molecule has 96 valence electrons. The Balaban J connectivity index is 2.46. The molecule has 18 heavy (non-hydrogen) atoms. The molecule has 5 heteroatoms. The minimum absolute atomic E-state index is 0.0199. The van der Waals surface area contributed by atoms with Gasteiger partial charge in [-0.2, -0.15) is 5.26 Å². The van der Waals surface area contributed by atoms with Crippen LogP contribution in [0.25, 0.3) is 0 Å². The largest absolute Gasteiger partial charge is 0.479 e. The van der Waals surface area contributed by atoms with Crippen molar-refractivity contribution >= 4 is 11.6 Å². The highest BCUT2D eigenvalue weighted by atomic mass is 16.5. The van der Waals surface area contributed by atoms with Gasteiger partial charge in [-0.25, -0.2) is 0 Å². The quantitative estimate of drug-likeness (QED) is 0.719. The summed E-state index contributed by atoms with van der Waals surface area (Å²) in [7, 11) is 0. The molecule has 1 aromatic rings. The molecule has 0 unspecified atom stereocenters. The molecule has 0 bridgehead atoms. The zero-order valence-electron chi connectivity index (χ0n) is 10.1. The third-order valence-electron chi connectivity index (χ3n) is 2.23. The predicted octanol–water partition coefficient (Wildman–Crippen LogP) is 1.69. The number of rotatable bonds is 7. The molecule has 0 aliphatic rings. The lowest BCUT2D eigenvalue weighted by Crippen LogP contribution is -2.11. The SMILES string of the molecule is N#CCOc1cccc(NC(=O)CCCCO)c1. The summed E-state index contributed by atoms with van der Waals surface area (Å²) in [5, 5.41) is 19.7. The van der Waals surface area contributed by atoms with Crippen molar-refractivity contribution in [1.82, 2.24) is 0 Å². The second kappa shape index (κ2) is 8.09. The maximum absolute atomic E-state index is 11.5. The second-order valence-corrected chi connectivity index (χ2v) is 3.70. The number of nitriles is 1. The van der Waals surface area contributed by atoms with E-state index < -0.39 is 0 Å². The lowest BCUT2D eigenvalue weighted by Gasteiger charge is -2.07. The molecule has 0 aliphatic carbocycles. The number of hydrogen-bond donors (Lipinski definition) is 2. The topological polar surface area (TPSA) is 82.3 Å². The number of amides is 1. The lowest BCUT2D eigenvalue weighted by atomic mass is 10.2. The van der Waals surface area contributed by atoms with Gasteiger partial charge in [0.15, 0.2) is 6.61 Å². The van der Waals surface area contributed by atoms with Crippen molar-refractivity contribution in [3.63, 3.8) is 0 Å². The van der Waals surface area contributed by atoms with Gasteiger partial charge in [0.1, 0.15) is 11.8 Å². The molecule has 0 aromatic heterocycles. The molecule has 0 atom stereocenters. The number of aliphatic hydroxyl groups is 1. The Morgan fingerprint density at radius 2 is 2.28 bits per heavy atom. The normalized spacial score (nSPS) is 9.56. The van der Waals surface area contributed by atoms with Crippen molar-refractivity contribution in [2.75, 3.05) is 18.5 Å². The summed E-state index contributed by atoms with van der Waals surface area (Å²) in [6.45, 7) is 0.0820. The molecule has 0 aliphatic heterocycles. The highest BCUT2D eigenvalue weighted by Gasteiger charge is 2.03. The van der Waals surface area contributed by atoms with Crippen LogP contribution in [-0.4, -0.2) is 24.2 Å². The van der Waals surface area contributed by atoms with Gasteiger partial charge in [0.25, 0.3) is 0 Å². The van der Waals surface area contributed by atoms with E-state index in [1.165, 1.54) is 0 Å². The standard InChI is InChI=1S/C13H16N2O3/c14-7-9-18-12-5-3-4-11(10-12)15-13(17)6-1-2-8-16/h3-5,10,16H,1-2,6,8-9H2,(H,15,17). The van der Waals surface area contributed by atoms with Crippen LogP contribution < -0.4 is 10.1 Å². The number of anilines is 1. The van der Waals surface area contributed by atoms with E-state index in [1.54, 1.807) is 24.3 Å². The number of aliphatic hydroxyl groups excluding tert-OH is 1. The Hall–Kier alpha value is -2.06. The number of carbonyl (C=O) groups excluding carboxylic acids is 1. The predicted molar refractivity (Wildman–Crippen MR) is 67.1 cm³/mol. The van der Waals surface area contributed by atoms with E-state index in [0.717, 1.165) is 0 Å². The summed E-state index contributed by atoms with van der Waals surface area (Å²) in [5.74, 6) is 0.450. The Morgan fingerprint density at radius 3 is 3.00 bits per heavy atom. The zero-order chi connectivity index (χ0) is 13.2. The number of carbonyl (C=O) groups is 1. The van der Waals surface area contributed by atoms with Crippen molar-refractivity contribution in [3.8, 4) is 11.8 Å². The van der Waals surface area contributed by atoms with Crippen LogP contribution in [0.5, 0.6) is 5.75 Å². The van der Waals surface area contributed by atoms with Crippen molar-refractivity contribution in [2.45, 2.75) is 19.3 Å². The highest BCUT2D eigenvalue weighted by molar-refractivity contribution is 5.90. The lowest BCUT2D eigenvalue weighted by molar-refractivity contribution is -0.116. The highest BCUT2D eigenvalue weighted by Crippen LogP contribution is 2.17. The molecule has 0 radical (unpaired) electrons. The zero-order valence-corrected chi connectivity index (χ0v) is 10.1. The fraction of sp³-hybridized carbons (Fsp3) is 0.385. The van der Waals surface area contributed by atoms with E-state index >= 15 is 0 Å². The first-order valence-electron chi connectivity index (χ1n) is 5.77. The first-order valence-corrected chi connectivity index (χ1v) is 5.77. The van der Waals surface area contributed by atoms with Gasteiger partial charge in [0.2, 0.25) is 5.91 Å². The molecule has 2 N–H and O–H groups in total. The van der Waals surface area contributed by atoms with Crippen LogP contribution in [0.1, 0.15) is 19.3 Å². The minimum atomic E-state index is -0.0964.